The molecule has 3 rings (SSSR count). The molecule has 2 aromatic carbocycles. The maximum absolute atomic E-state index is 13.0. The van der Waals surface area contributed by atoms with Gasteiger partial charge in [0, 0.05) is 35.6 Å². The zero-order valence-corrected chi connectivity index (χ0v) is 21.4. The van der Waals surface area contributed by atoms with Crippen molar-refractivity contribution in [2.75, 3.05) is 19.1 Å². The van der Waals surface area contributed by atoms with Crippen LogP contribution in [0.4, 0.5) is 5.69 Å². The number of rotatable bonds is 6. The van der Waals surface area contributed by atoms with Gasteiger partial charge in [-0.2, -0.15) is 0 Å². The number of nitrogens with zero attached hydrogens (tertiary/aromatic N) is 2. The highest BCUT2D eigenvalue weighted by molar-refractivity contribution is 7.89. The summed E-state index contributed by atoms with van der Waals surface area (Å²) in [6.45, 7) is 7.21. The van der Waals surface area contributed by atoms with Gasteiger partial charge >= 0.3 is 5.97 Å². The van der Waals surface area contributed by atoms with Gasteiger partial charge in [-0.25, -0.2) is 17.9 Å². The van der Waals surface area contributed by atoms with E-state index in [0.717, 1.165) is 5.56 Å². The van der Waals surface area contributed by atoms with Crippen LogP contribution in [0.5, 0.6) is 0 Å². The molecule has 0 saturated heterocycles. The Morgan fingerprint density at radius 3 is 2.20 bits per heavy atom. The molecule has 0 atom stereocenters. The third-order valence-corrected chi connectivity index (χ3v) is 6.96. The number of aromatic nitrogens is 1. The highest BCUT2D eigenvalue weighted by Gasteiger charge is 2.25. The topological polar surface area (TPSA) is 106 Å². The van der Waals surface area contributed by atoms with Crippen molar-refractivity contribution in [3.63, 3.8) is 0 Å². The number of carbonyl (C=O) groups is 2. The Morgan fingerprint density at radius 1 is 1.00 bits per heavy atom. The van der Waals surface area contributed by atoms with Crippen molar-refractivity contribution in [3.05, 3.63) is 77.6 Å². The van der Waals surface area contributed by atoms with Crippen LogP contribution in [-0.2, 0) is 14.8 Å². The summed E-state index contributed by atoms with van der Waals surface area (Å²) < 4.78 is 33.4. The smallest absolute Gasteiger partial charge is 0.337 e. The molecule has 0 saturated carbocycles. The van der Waals surface area contributed by atoms with Crippen LogP contribution in [-0.4, -0.2) is 45.0 Å². The van der Waals surface area contributed by atoms with Crippen LogP contribution in [0.3, 0.4) is 0 Å². The first kappa shape index (κ1) is 26.1. The second kappa shape index (κ2) is 9.97. The molecule has 184 valence electrons. The lowest BCUT2D eigenvalue weighted by Gasteiger charge is -2.22. The van der Waals surface area contributed by atoms with E-state index in [1.165, 1.54) is 18.2 Å². The van der Waals surface area contributed by atoms with Gasteiger partial charge in [0.2, 0.25) is 10.0 Å². The molecule has 9 heteroatoms. The minimum Gasteiger partial charge on any atom is -0.465 e. The van der Waals surface area contributed by atoms with Gasteiger partial charge in [-0.3, -0.25) is 9.78 Å². The summed E-state index contributed by atoms with van der Waals surface area (Å²) in [7, 11) is -0.878. The van der Waals surface area contributed by atoms with E-state index in [4.69, 9.17) is 4.74 Å². The van der Waals surface area contributed by atoms with Crippen LogP contribution in [0, 0.1) is 6.92 Å². The quantitative estimate of drug-likeness (QED) is 0.514. The Labute approximate surface area is 206 Å². The number of carbonyl (C=O) groups excluding carboxylic acids is 2. The Bertz CT molecular complexity index is 1340. The standard InChI is InChI=1S/C26H29N3O5S/c1-17-7-14-23(35(32,33)28-26(2,3)4)21(15-17)19-10-13-22(27-16-19)24(30)29(5)20-11-8-18(9-12-20)25(31)34-6/h7-16,28H,1-6H3. The van der Waals surface area contributed by atoms with E-state index in [-0.39, 0.29) is 16.5 Å². The molecule has 0 unspecified atom stereocenters. The lowest BCUT2D eigenvalue weighted by molar-refractivity contribution is 0.0600. The molecule has 8 nitrogen and oxygen atoms in total. The molecule has 35 heavy (non-hydrogen) atoms. The number of amides is 1. The Kier molecular flexibility index (Phi) is 7.42. The van der Waals surface area contributed by atoms with E-state index in [0.29, 0.717) is 22.4 Å². The number of anilines is 1. The molecule has 0 bridgehead atoms. The normalized spacial score (nSPS) is 11.7. The van der Waals surface area contributed by atoms with Crippen molar-refractivity contribution in [1.29, 1.82) is 0 Å². The highest BCUT2D eigenvalue weighted by Crippen LogP contribution is 2.29. The molecule has 0 aliphatic carbocycles. The largest absolute Gasteiger partial charge is 0.465 e. The summed E-state index contributed by atoms with van der Waals surface area (Å²) in [5.41, 5.74) is 2.47. The van der Waals surface area contributed by atoms with E-state index in [1.807, 2.05) is 6.92 Å². The lowest BCUT2D eigenvalue weighted by atomic mass is 10.0. The van der Waals surface area contributed by atoms with Crippen LogP contribution in [0.15, 0.2) is 65.7 Å². The first-order valence-electron chi connectivity index (χ1n) is 10.9. The fourth-order valence-corrected chi connectivity index (χ4v) is 5.10. The lowest BCUT2D eigenvalue weighted by Crippen LogP contribution is -2.40. The van der Waals surface area contributed by atoms with Crippen LogP contribution in [0.2, 0.25) is 0 Å². The van der Waals surface area contributed by atoms with Gasteiger partial charge in [-0.15, -0.1) is 0 Å². The minimum absolute atomic E-state index is 0.140. The molecule has 0 spiro atoms. The maximum atomic E-state index is 13.0. The first-order valence-corrected chi connectivity index (χ1v) is 12.4. The average molecular weight is 496 g/mol. The fourth-order valence-electron chi connectivity index (χ4n) is 3.47. The van der Waals surface area contributed by atoms with Crippen LogP contribution in [0.25, 0.3) is 11.1 Å². The van der Waals surface area contributed by atoms with E-state index in [9.17, 15) is 18.0 Å². The third-order valence-electron chi connectivity index (χ3n) is 5.14. The number of aryl methyl sites for hydroxylation is 1. The second-order valence-electron chi connectivity index (χ2n) is 9.19. The van der Waals surface area contributed by atoms with Gasteiger partial charge in [0.1, 0.15) is 5.69 Å². The molecule has 1 amide bonds. The predicted molar refractivity (Wildman–Crippen MR) is 135 cm³/mol. The summed E-state index contributed by atoms with van der Waals surface area (Å²) in [5.74, 6) is -0.813. The molecule has 1 N–H and O–H groups in total. The Balaban J connectivity index is 1.90. The number of nitrogens with one attached hydrogen (secondary N) is 1. The number of hydrogen-bond donors (Lipinski definition) is 1. The van der Waals surface area contributed by atoms with E-state index < -0.39 is 21.5 Å². The monoisotopic (exact) mass is 495 g/mol. The van der Waals surface area contributed by atoms with E-state index in [2.05, 4.69) is 9.71 Å². The number of benzene rings is 2. The number of methoxy groups -OCH3 is 1. The molecule has 3 aromatic rings. The van der Waals surface area contributed by atoms with Crippen LogP contribution < -0.4 is 9.62 Å². The van der Waals surface area contributed by atoms with Gasteiger partial charge in [0.25, 0.3) is 5.91 Å². The summed E-state index contributed by atoms with van der Waals surface area (Å²) in [5, 5.41) is 0. The van der Waals surface area contributed by atoms with Gasteiger partial charge in [0.15, 0.2) is 0 Å². The molecular formula is C26H29N3O5S. The molecule has 0 fully saturated rings. The highest BCUT2D eigenvalue weighted by atomic mass is 32.2. The fraction of sp³-hybridized carbons (Fsp3) is 0.269. The third kappa shape index (κ3) is 6.12. The van der Waals surface area contributed by atoms with Crippen molar-refractivity contribution in [2.24, 2.45) is 0 Å². The number of ether oxygens (including phenoxy) is 1. The second-order valence-corrected chi connectivity index (χ2v) is 10.8. The Morgan fingerprint density at radius 2 is 1.66 bits per heavy atom. The molecule has 0 aliphatic rings. The number of pyridine rings is 1. The average Bonchev–Trinajstić information content (AvgIpc) is 2.81. The van der Waals surface area contributed by atoms with Crippen LogP contribution in [0.1, 0.15) is 47.2 Å². The van der Waals surface area contributed by atoms with Crippen molar-refractivity contribution >= 4 is 27.6 Å². The Hall–Kier alpha value is -3.56. The zero-order chi connectivity index (χ0) is 26.0. The predicted octanol–water partition coefficient (Wildman–Crippen LogP) is 4.20. The van der Waals surface area contributed by atoms with Gasteiger partial charge < -0.3 is 9.64 Å². The first-order chi connectivity index (χ1) is 16.3. The summed E-state index contributed by atoms with van der Waals surface area (Å²) in [6, 6.07) is 14.8. The van der Waals surface area contributed by atoms with Crippen LogP contribution >= 0.6 is 0 Å². The van der Waals surface area contributed by atoms with E-state index in [1.54, 1.807) is 82.4 Å². The number of esters is 1. The zero-order valence-electron chi connectivity index (χ0n) is 20.6. The molecule has 0 radical (unpaired) electrons. The van der Waals surface area contributed by atoms with Crippen molar-refractivity contribution in [3.8, 4) is 11.1 Å². The molecule has 0 aliphatic heterocycles. The summed E-state index contributed by atoms with van der Waals surface area (Å²) in [4.78, 5) is 30.5. The van der Waals surface area contributed by atoms with Crippen molar-refractivity contribution in [1.82, 2.24) is 9.71 Å². The van der Waals surface area contributed by atoms with Gasteiger partial charge in [-0.05, 0) is 64.1 Å². The van der Waals surface area contributed by atoms with Gasteiger partial charge in [0.05, 0.1) is 17.6 Å². The van der Waals surface area contributed by atoms with Crippen molar-refractivity contribution < 1.29 is 22.7 Å². The summed E-state index contributed by atoms with van der Waals surface area (Å²) in [6.07, 6.45) is 1.49. The van der Waals surface area contributed by atoms with Gasteiger partial charge in [-0.1, -0.05) is 23.8 Å². The SMILES string of the molecule is COC(=O)c1ccc(N(C)C(=O)c2ccc(-c3cc(C)ccc3S(=O)(=O)NC(C)(C)C)cn2)cc1. The summed E-state index contributed by atoms with van der Waals surface area (Å²) >= 11 is 0. The number of sulfonamides is 1. The minimum atomic E-state index is -3.79. The number of hydrogen-bond acceptors (Lipinski definition) is 6. The molecule has 1 heterocycles. The maximum Gasteiger partial charge on any atom is 0.337 e. The van der Waals surface area contributed by atoms with Crippen molar-refractivity contribution in [2.45, 2.75) is 38.1 Å². The molecule has 1 aromatic heterocycles. The van der Waals surface area contributed by atoms with E-state index >= 15 is 0 Å². The molecular weight excluding hydrogens is 466 g/mol.